The highest BCUT2D eigenvalue weighted by atomic mass is 35.5. The summed E-state index contributed by atoms with van der Waals surface area (Å²) in [6, 6.07) is 15.1. The zero-order chi connectivity index (χ0) is 16.7. The molecule has 0 fully saturated rings. The fraction of sp³-hybridized carbons (Fsp3) is 0.278. The van der Waals surface area contributed by atoms with Crippen LogP contribution in [0.2, 0.25) is 5.02 Å². The van der Waals surface area contributed by atoms with Crippen LogP contribution in [0.25, 0.3) is 0 Å². The van der Waals surface area contributed by atoms with Crippen molar-refractivity contribution in [2.45, 2.75) is 13.8 Å². The highest BCUT2D eigenvalue weighted by Crippen LogP contribution is 2.25. The molecule has 0 bridgehead atoms. The molecule has 122 valence electrons. The van der Waals surface area contributed by atoms with Gasteiger partial charge in [-0.3, -0.25) is 0 Å². The second-order valence-electron chi connectivity index (χ2n) is 4.98. The molecule has 0 spiro atoms. The first kappa shape index (κ1) is 17.2. The van der Waals surface area contributed by atoms with Gasteiger partial charge in [0.15, 0.2) is 0 Å². The monoisotopic (exact) mass is 333 g/mol. The van der Waals surface area contributed by atoms with E-state index in [1.807, 2.05) is 30.3 Å². The number of halogens is 1. The Hall–Kier alpha value is -2.20. The Morgan fingerprint density at radius 3 is 2.57 bits per heavy atom. The minimum absolute atomic E-state index is 0.251. The summed E-state index contributed by atoms with van der Waals surface area (Å²) in [7, 11) is 0. The molecular weight excluding hydrogens is 314 g/mol. The van der Waals surface area contributed by atoms with E-state index in [-0.39, 0.29) is 6.61 Å². The fourth-order valence-corrected chi connectivity index (χ4v) is 2.33. The minimum atomic E-state index is -0.723. The molecule has 0 aliphatic rings. The summed E-state index contributed by atoms with van der Waals surface area (Å²) in [4.78, 5) is 13.9. The van der Waals surface area contributed by atoms with E-state index in [2.05, 4.69) is 11.8 Å². The predicted octanol–water partition coefficient (Wildman–Crippen LogP) is 4.69. The Bertz CT molecular complexity index is 646. The average Bonchev–Trinajstić information content (AvgIpc) is 2.57. The molecule has 0 saturated carbocycles. The molecule has 0 amide bonds. The van der Waals surface area contributed by atoms with Crippen LogP contribution in [0.15, 0.2) is 48.5 Å². The van der Waals surface area contributed by atoms with Gasteiger partial charge in [-0.2, -0.15) is 0 Å². The second-order valence-corrected chi connectivity index (χ2v) is 5.39. The third-order valence-corrected chi connectivity index (χ3v) is 3.90. The van der Waals surface area contributed by atoms with E-state index < -0.39 is 6.16 Å². The van der Waals surface area contributed by atoms with Gasteiger partial charge in [0.05, 0.1) is 6.54 Å². The number of para-hydroxylation sites is 1. The number of carbonyl (C=O) groups is 1. The first-order valence-corrected chi connectivity index (χ1v) is 7.89. The maximum Gasteiger partial charge on any atom is 0.513 e. The maximum absolute atomic E-state index is 11.8. The number of benzene rings is 2. The normalized spacial score (nSPS) is 10.2. The SMILES string of the molecule is CCN(CCOC(=O)Oc1cccc(Cl)c1C)c1ccccc1. The van der Waals surface area contributed by atoms with Crippen LogP contribution in [0.5, 0.6) is 5.75 Å². The van der Waals surface area contributed by atoms with Gasteiger partial charge in [0.1, 0.15) is 12.4 Å². The number of ether oxygens (including phenoxy) is 2. The topological polar surface area (TPSA) is 38.8 Å². The van der Waals surface area contributed by atoms with Crippen molar-refractivity contribution in [1.29, 1.82) is 0 Å². The van der Waals surface area contributed by atoms with Gasteiger partial charge in [0.25, 0.3) is 0 Å². The van der Waals surface area contributed by atoms with Gasteiger partial charge in [0.2, 0.25) is 0 Å². The standard InChI is InChI=1S/C18H20ClNO3/c1-3-20(15-8-5-4-6-9-15)12-13-22-18(21)23-17-11-7-10-16(19)14(17)2/h4-11H,3,12-13H2,1-2H3. The van der Waals surface area contributed by atoms with Crippen molar-refractivity contribution in [3.63, 3.8) is 0 Å². The Balaban J connectivity index is 1.83. The Labute approximate surface area is 141 Å². The zero-order valence-corrected chi connectivity index (χ0v) is 14.0. The lowest BCUT2D eigenvalue weighted by Crippen LogP contribution is -2.28. The molecule has 4 nitrogen and oxygen atoms in total. The molecule has 0 unspecified atom stereocenters. The Morgan fingerprint density at radius 2 is 1.87 bits per heavy atom. The summed E-state index contributed by atoms with van der Waals surface area (Å²) in [5.74, 6) is 0.415. The van der Waals surface area contributed by atoms with Crippen LogP contribution in [-0.2, 0) is 4.74 Å². The number of anilines is 1. The summed E-state index contributed by atoms with van der Waals surface area (Å²) in [6.45, 7) is 5.53. The van der Waals surface area contributed by atoms with E-state index in [1.54, 1.807) is 25.1 Å². The number of nitrogens with zero attached hydrogens (tertiary/aromatic N) is 1. The zero-order valence-electron chi connectivity index (χ0n) is 13.3. The minimum Gasteiger partial charge on any atom is -0.432 e. The molecule has 23 heavy (non-hydrogen) atoms. The Morgan fingerprint density at radius 1 is 1.13 bits per heavy atom. The van der Waals surface area contributed by atoms with Crippen LogP contribution in [0.1, 0.15) is 12.5 Å². The predicted molar refractivity (Wildman–Crippen MR) is 92.5 cm³/mol. The van der Waals surface area contributed by atoms with E-state index >= 15 is 0 Å². The van der Waals surface area contributed by atoms with Gasteiger partial charge in [-0.25, -0.2) is 4.79 Å². The van der Waals surface area contributed by atoms with Gasteiger partial charge >= 0.3 is 6.16 Å². The molecule has 0 N–H and O–H groups in total. The fourth-order valence-electron chi connectivity index (χ4n) is 2.17. The van der Waals surface area contributed by atoms with Crippen LogP contribution >= 0.6 is 11.6 Å². The number of likely N-dealkylation sites (N-methyl/N-ethyl adjacent to an activating group) is 1. The van der Waals surface area contributed by atoms with Gasteiger partial charge in [-0.1, -0.05) is 35.9 Å². The number of hydrogen-bond donors (Lipinski definition) is 0. The van der Waals surface area contributed by atoms with Gasteiger partial charge in [-0.15, -0.1) is 0 Å². The van der Waals surface area contributed by atoms with Crippen molar-refractivity contribution in [2.75, 3.05) is 24.6 Å². The summed E-state index contributed by atoms with van der Waals surface area (Å²) in [5.41, 5.74) is 1.81. The smallest absolute Gasteiger partial charge is 0.432 e. The van der Waals surface area contributed by atoms with Gasteiger partial charge < -0.3 is 14.4 Å². The first-order valence-electron chi connectivity index (χ1n) is 7.51. The summed E-state index contributed by atoms with van der Waals surface area (Å²) >= 11 is 5.99. The number of carbonyl (C=O) groups excluding carboxylic acids is 1. The van der Waals surface area contributed by atoms with Crippen molar-refractivity contribution in [3.05, 3.63) is 59.1 Å². The molecule has 0 aliphatic heterocycles. The van der Waals surface area contributed by atoms with Crippen LogP contribution in [-0.4, -0.2) is 25.9 Å². The summed E-state index contributed by atoms with van der Waals surface area (Å²) in [6.07, 6.45) is -0.723. The molecule has 5 heteroatoms. The van der Waals surface area contributed by atoms with Crippen LogP contribution < -0.4 is 9.64 Å². The maximum atomic E-state index is 11.8. The lowest BCUT2D eigenvalue weighted by atomic mass is 10.2. The van der Waals surface area contributed by atoms with Crippen molar-refractivity contribution in [1.82, 2.24) is 0 Å². The third-order valence-electron chi connectivity index (χ3n) is 3.50. The van der Waals surface area contributed by atoms with E-state index in [1.165, 1.54) is 0 Å². The highest BCUT2D eigenvalue weighted by Gasteiger charge is 2.11. The Kier molecular flexibility index (Phi) is 6.29. The highest BCUT2D eigenvalue weighted by molar-refractivity contribution is 6.31. The molecular formula is C18H20ClNO3. The quantitative estimate of drug-likeness (QED) is 0.568. The third kappa shape index (κ3) is 4.89. The van der Waals surface area contributed by atoms with Gasteiger partial charge in [-0.05, 0) is 38.1 Å². The van der Waals surface area contributed by atoms with Gasteiger partial charge in [0, 0.05) is 22.8 Å². The largest absolute Gasteiger partial charge is 0.513 e. The van der Waals surface area contributed by atoms with Crippen molar-refractivity contribution in [3.8, 4) is 5.75 Å². The summed E-state index contributed by atoms with van der Waals surface area (Å²) < 4.78 is 10.3. The number of hydrogen-bond acceptors (Lipinski definition) is 4. The second kappa shape index (κ2) is 8.44. The molecule has 0 aliphatic carbocycles. The van der Waals surface area contributed by atoms with Crippen LogP contribution in [0.3, 0.4) is 0 Å². The molecule has 0 atom stereocenters. The van der Waals surface area contributed by atoms with E-state index in [0.717, 1.165) is 12.2 Å². The average molecular weight is 334 g/mol. The molecule has 0 radical (unpaired) electrons. The summed E-state index contributed by atoms with van der Waals surface area (Å²) in [5, 5.41) is 0.552. The molecule has 2 aromatic rings. The molecule has 2 aromatic carbocycles. The van der Waals surface area contributed by atoms with Crippen molar-refractivity contribution < 1.29 is 14.3 Å². The van der Waals surface area contributed by atoms with Crippen LogP contribution in [0, 0.1) is 6.92 Å². The van der Waals surface area contributed by atoms with Crippen molar-refractivity contribution >= 4 is 23.4 Å². The lowest BCUT2D eigenvalue weighted by molar-refractivity contribution is 0.101. The molecule has 2 rings (SSSR count). The van der Waals surface area contributed by atoms with E-state index in [4.69, 9.17) is 21.1 Å². The number of rotatable bonds is 6. The molecule has 0 aromatic heterocycles. The van der Waals surface area contributed by atoms with Crippen molar-refractivity contribution in [2.24, 2.45) is 0 Å². The lowest BCUT2D eigenvalue weighted by Gasteiger charge is -2.22. The van der Waals surface area contributed by atoms with Crippen LogP contribution in [0.4, 0.5) is 10.5 Å². The molecule has 0 heterocycles. The van der Waals surface area contributed by atoms with E-state index in [9.17, 15) is 4.79 Å². The van der Waals surface area contributed by atoms with E-state index in [0.29, 0.717) is 22.9 Å². The molecule has 0 saturated heterocycles. The first-order chi connectivity index (χ1) is 11.1.